The van der Waals surface area contributed by atoms with E-state index in [0.717, 1.165) is 23.8 Å². The maximum Gasteiger partial charge on any atom is 0.438 e. The van der Waals surface area contributed by atoms with Gasteiger partial charge in [-0.2, -0.15) is 26.3 Å². The molecule has 0 aliphatic heterocycles. The maximum atomic E-state index is 13.7. The molecule has 1 unspecified atom stereocenters. The number of rotatable bonds is 11. The van der Waals surface area contributed by atoms with Crippen LogP contribution in [-0.4, -0.2) is 50.5 Å². The molecule has 0 aromatic heterocycles. The van der Waals surface area contributed by atoms with Gasteiger partial charge in [-0.15, -0.1) is 0 Å². The van der Waals surface area contributed by atoms with Gasteiger partial charge in [0.15, 0.2) is 0 Å². The molecule has 0 spiro atoms. The highest BCUT2D eigenvalue weighted by atomic mass is 19.4. The fourth-order valence-electron chi connectivity index (χ4n) is 4.77. The van der Waals surface area contributed by atoms with Gasteiger partial charge in [-0.1, -0.05) is 57.9 Å². The fourth-order valence-corrected chi connectivity index (χ4v) is 4.77. The number of benzene rings is 2. The zero-order chi connectivity index (χ0) is 33.9. The maximum absolute atomic E-state index is 13.7. The summed E-state index contributed by atoms with van der Waals surface area (Å²) in [6.07, 6.45) is -10.8. The lowest BCUT2D eigenvalue weighted by Crippen LogP contribution is -2.58. The summed E-state index contributed by atoms with van der Waals surface area (Å²) in [5, 5.41) is 0. The van der Waals surface area contributed by atoms with Gasteiger partial charge < -0.3 is 18.9 Å². The molecule has 2 rings (SSSR count). The smallest absolute Gasteiger partial charge is 0.438 e. The normalized spacial score (nSPS) is 12.8. The van der Waals surface area contributed by atoms with Crippen molar-refractivity contribution in [1.29, 1.82) is 0 Å². The summed E-state index contributed by atoms with van der Waals surface area (Å²) in [7, 11) is 0.913. The molecule has 0 saturated heterocycles. The lowest BCUT2D eigenvalue weighted by atomic mass is 9.70. The zero-order valence-electron chi connectivity index (χ0n) is 26.7. The molecular formula is C33H42F6O5. The molecule has 44 heavy (non-hydrogen) atoms. The molecule has 0 saturated carbocycles. The molecule has 2 aromatic rings. The van der Waals surface area contributed by atoms with E-state index in [-0.39, 0.29) is 12.2 Å². The minimum atomic E-state index is -5.86. The second kappa shape index (κ2) is 16.2. The van der Waals surface area contributed by atoms with Crippen molar-refractivity contribution in [2.24, 2.45) is 0 Å². The van der Waals surface area contributed by atoms with Crippen LogP contribution < -0.4 is 4.74 Å². The molecule has 0 fully saturated rings. The summed E-state index contributed by atoms with van der Waals surface area (Å²) < 4.78 is 101. The predicted molar refractivity (Wildman–Crippen MR) is 156 cm³/mol. The van der Waals surface area contributed by atoms with E-state index >= 15 is 0 Å². The Morgan fingerprint density at radius 2 is 1.41 bits per heavy atom. The van der Waals surface area contributed by atoms with Gasteiger partial charge >= 0.3 is 23.9 Å². The molecule has 1 atom stereocenters. The van der Waals surface area contributed by atoms with E-state index in [4.69, 9.17) is 9.47 Å². The van der Waals surface area contributed by atoms with Crippen molar-refractivity contribution in [2.45, 2.75) is 97.7 Å². The van der Waals surface area contributed by atoms with Gasteiger partial charge in [-0.3, -0.25) is 4.79 Å². The van der Waals surface area contributed by atoms with Crippen LogP contribution in [0.15, 0.2) is 36.4 Å². The SMILES string of the molecule is CC.CCC(CC)(c1ccc(C#CC(OCOC)(C(F)(F)F)C(F)(F)F)c(C)c1)c1ccc(OCC(C)OC(C)=O)c(C)c1. The minimum Gasteiger partial charge on any atom is -0.489 e. The number of ether oxygens (including phenoxy) is 4. The summed E-state index contributed by atoms with van der Waals surface area (Å²) in [5.74, 6) is 3.60. The highest BCUT2D eigenvalue weighted by Gasteiger charge is 2.72. The van der Waals surface area contributed by atoms with E-state index in [0.29, 0.717) is 24.2 Å². The Balaban J connectivity index is 0.00000474. The van der Waals surface area contributed by atoms with Gasteiger partial charge in [0.2, 0.25) is 0 Å². The monoisotopic (exact) mass is 632 g/mol. The molecule has 2 aromatic carbocycles. The highest BCUT2D eigenvalue weighted by molar-refractivity contribution is 5.66. The van der Waals surface area contributed by atoms with Crippen LogP contribution in [0, 0.1) is 25.7 Å². The van der Waals surface area contributed by atoms with Gasteiger partial charge in [0.25, 0.3) is 0 Å². The van der Waals surface area contributed by atoms with Crippen LogP contribution in [0.2, 0.25) is 0 Å². The van der Waals surface area contributed by atoms with Gasteiger partial charge in [-0.05, 0) is 73.9 Å². The number of carbonyl (C=O) groups excluding carboxylic acids is 1. The average molecular weight is 633 g/mol. The largest absolute Gasteiger partial charge is 0.489 e. The van der Waals surface area contributed by atoms with Crippen LogP contribution in [0.1, 0.15) is 82.2 Å². The van der Waals surface area contributed by atoms with Gasteiger partial charge in [0, 0.05) is 25.0 Å². The van der Waals surface area contributed by atoms with E-state index in [9.17, 15) is 31.1 Å². The van der Waals surface area contributed by atoms with Gasteiger partial charge in [0.1, 0.15) is 25.3 Å². The first-order chi connectivity index (χ1) is 20.5. The van der Waals surface area contributed by atoms with Crippen LogP contribution in [-0.2, 0) is 24.4 Å². The lowest BCUT2D eigenvalue weighted by molar-refractivity contribution is -0.368. The first-order valence-electron chi connectivity index (χ1n) is 14.3. The Morgan fingerprint density at radius 3 is 1.84 bits per heavy atom. The molecule has 0 aliphatic rings. The predicted octanol–water partition coefficient (Wildman–Crippen LogP) is 8.60. The van der Waals surface area contributed by atoms with Crippen LogP contribution in [0.25, 0.3) is 0 Å². The number of hydrogen-bond donors (Lipinski definition) is 0. The third-order valence-electron chi connectivity index (χ3n) is 7.12. The molecule has 246 valence electrons. The van der Waals surface area contributed by atoms with E-state index in [1.165, 1.54) is 18.9 Å². The molecule has 0 amide bonds. The Kier molecular flexibility index (Phi) is 14.3. The van der Waals surface area contributed by atoms with Gasteiger partial charge in [0.05, 0.1) is 0 Å². The average Bonchev–Trinajstić information content (AvgIpc) is 2.94. The minimum absolute atomic E-state index is 0.000533. The zero-order valence-corrected chi connectivity index (χ0v) is 26.7. The Hall–Kier alpha value is -3.23. The quantitative estimate of drug-likeness (QED) is 0.108. The molecule has 11 heteroatoms. The number of aryl methyl sites for hydroxylation is 2. The summed E-state index contributed by atoms with van der Waals surface area (Å²) in [4.78, 5) is 11.1. The highest BCUT2D eigenvalue weighted by Crippen LogP contribution is 2.46. The summed E-state index contributed by atoms with van der Waals surface area (Å²) in [6.45, 7) is 13.4. The first-order valence-corrected chi connectivity index (χ1v) is 14.3. The van der Waals surface area contributed by atoms with E-state index in [1.54, 1.807) is 26.0 Å². The van der Waals surface area contributed by atoms with Crippen LogP contribution in [0.4, 0.5) is 26.3 Å². The molecule has 0 heterocycles. The van der Waals surface area contributed by atoms with Crippen LogP contribution >= 0.6 is 0 Å². The van der Waals surface area contributed by atoms with Crippen molar-refractivity contribution in [3.8, 4) is 17.6 Å². The van der Waals surface area contributed by atoms with Crippen molar-refractivity contribution in [3.63, 3.8) is 0 Å². The van der Waals surface area contributed by atoms with Gasteiger partial charge in [-0.25, -0.2) is 0 Å². The van der Waals surface area contributed by atoms with E-state index < -0.39 is 42.2 Å². The van der Waals surface area contributed by atoms with E-state index in [1.807, 2.05) is 52.8 Å². The molecular weight excluding hydrogens is 590 g/mol. The number of alkyl halides is 6. The molecule has 0 N–H and O–H groups in total. The fraction of sp³-hybridized carbons (Fsp3) is 0.545. The standard InChI is InChI=1S/C31H36F6O5.C2H6/c1-8-28(9-2,26-12-13-27(21(4)17-26)40-18-22(5)42-23(6)38)25-11-10-24(20(3)16-25)14-15-29(30(32,33)34,31(35,36)37)41-19-39-7;1-2/h10-13,16-17,22H,8-9,18-19H2,1-7H3;1-2H3. The number of methoxy groups -OCH3 is 1. The van der Waals surface area contributed by atoms with Crippen LogP contribution in [0.5, 0.6) is 5.75 Å². The van der Waals surface area contributed by atoms with Crippen molar-refractivity contribution < 1.29 is 50.1 Å². The number of carbonyl (C=O) groups is 1. The Labute approximate surface area is 256 Å². The topological polar surface area (TPSA) is 54.0 Å². The summed E-state index contributed by atoms with van der Waals surface area (Å²) in [5.41, 5.74) is -2.17. The Morgan fingerprint density at radius 1 is 0.886 bits per heavy atom. The first kappa shape index (κ1) is 38.8. The summed E-state index contributed by atoms with van der Waals surface area (Å²) >= 11 is 0. The number of esters is 1. The van der Waals surface area contributed by atoms with Crippen molar-refractivity contribution in [1.82, 2.24) is 0 Å². The second-order valence-corrected chi connectivity index (χ2v) is 10.0. The van der Waals surface area contributed by atoms with Crippen molar-refractivity contribution >= 4 is 5.97 Å². The third kappa shape index (κ3) is 8.91. The Bertz CT molecular complexity index is 1270. The third-order valence-corrected chi connectivity index (χ3v) is 7.12. The molecule has 0 bridgehead atoms. The van der Waals surface area contributed by atoms with Crippen molar-refractivity contribution in [3.05, 3.63) is 64.2 Å². The number of halogens is 6. The molecule has 5 nitrogen and oxygen atoms in total. The van der Waals surface area contributed by atoms with Crippen molar-refractivity contribution in [2.75, 3.05) is 20.5 Å². The molecule has 0 radical (unpaired) electrons. The molecule has 0 aliphatic carbocycles. The number of hydrogen-bond acceptors (Lipinski definition) is 5. The second-order valence-electron chi connectivity index (χ2n) is 10.0. The lowest BCUT2D eigenvalue weighted by Gasteiger charge is -2.34. The summed E-state index contributed by atoms with van der Waals surface area (Å²) in [6, 6.07) is 10.6. The van der Waals surface area contributed by atoms with E-state index in [2.05, 4.69) is 15.4 Å². The van der Waals surface area contributed by atoms with Crippen LogP contribution in [0.3, 0.4) is 0 Å².